The fraction of sp³-hybridized carbons (Fsp3) is 0.462. The van der Waals surface area contributed by atoms with Crippen molar-refractivity contribution in [3.05, 3.63) is 38.9 Å². The average molecular weight is 280 g/mol. The molecule has 0 unspecified atom stereocenters. The summed E-state index contributed by atoms with van der Waals surface area (Å²) in [6.45, 7) is 3.39. The van der Waals surface area contributed by atoms with Gasteiger partial charge in [0.15, 0.2) is 5.58 Å². The predicted molar refractivity (Wildman–Crippen MR) is 72.9 cm³/mol. The Kier molecular flexibility index (Phi) is 4.52. The van der Waals surface area contributed by atoms with E-state index >= 15 is 0 Å². The van der Waals surface area contributed by atoms with E-state index in [-0.39, 0.29) is 5.69 Å². The van der Waals surface area contributed by atoms with Gasteiger partial charge in [-0.2, -0.15) is 0 Å². The number of fused-ring (bicyclic) bond motifs is 1. The van der Waals surface area contributed by atoms with Crippen LogP contribution in [-0.4, -0.2) is 22.7 Å². The molecule has 1 heterocycles. The molecular weight excluding hydrogens is 264 g/mol. The van der Waals surface area contributed by atoms with Crippen LogP contribution in [0, 0.1) is 10.1 Å². The monoisotopic (exact) mass is 280 g/mol. The van der Waals surface area contributed by atoms with Gasteiger partial charge in [-0.3, -0.25) is 14.7 Å². The normalized spacial score (nSPS) is 11.1. The van der Waals surface area contributed by atoms with E-state index in [9.17, 15) is 14.9 Å². The summed E-state index contributed by atoms with van der Waals surface area (Å²) in [6, 6.07) is 4.09. The Labute approximate surface area is 114 Å². The molecule has 0 saturated heterocycles. The number of nitro benzene ring substituents is 1. The molecule has 0 aliphatic heterocycles. The first-order valence-corrected chi connectivity index (χ1v) is 6.49. The number of non-ortho nitro benzene ring substituents is 1. The quantitative estimate of drug-likeness (QED) is 0.441. The minimum atomic E-state index is -0.528. The Bertz CT molecular complexity index is 658. The number of hydrogen-bond donors (Lipinski definition) is 0. The molecule has 0 radical (unpaired) electrons. The third-order valence-corrected chi connectivity index (χ3v) is 2.96. The largest absolute Gasteiger partial charge is 0.420 e. The van der Waals surface area contributed by atoms with Crippen LogP contribution in [0.3, 0.4) is 0 Å². The molecule has 1 aromatic carbocycles. The van der Waals surface area contributed by atoms with Crippen LogP contribution in [0.1, 0.15) is 19.8 Å². The number of nitrogens with zero attached hydrogens (tertiary/aromatic N) is 2. The van der Waals surface area contributed by atoms with Gasteiger partial charge < -0.3 is 9.15 Å². The lowest BCUT2D eigenvalue weighted by atomic mass is 10.3. The Morgan fingerprint density at radius 3 is 2.90 bits per heavy atom. The Morgan fingerprint density at radius 1 is 1.40 bits per heavy atom. The van der Waals surface area contributed by atoms with Gasteiger partial charge in [0.1, 0.15) is 0 Å². The van der Waals surface area contributed by atoms with E-state index in [2.05, 4.69) is 6.92 Å². The van der Waals surface area contributed by atoms with E-state index in [0.29, 0.717) is 30.9 Å². The van der Waals surface area contributed by atoms with E-state index in [4.69, 9.17) is 9.15 Å². The molecule has 7 heteroatoms. The van der Waals surface area contributed by atoms with E-state index < -0.39 is 10.7 Å². The Hall–Kier alpha value is -2.15. The molecule has 0 aliphatic carbocycles. The molecule has 7 nitrogen and oxygen atoms in total. The molecule has 20 heavy (non-hydrogen) atoms. The van der Waals surface area contributed by atoms with Crippen molar-refractivity contribution in [1.29, 1.82) is 0 Å². The highest BCUT2D eigenvalue weighted by molar-refractivity contribution is 5.75. The van der Waals surface area contributed by atoms with Crippen molar-refractivity contribution in [3.8, 4) is 0 Å². The molecule has 0 amide bonds. The molecule has 0 aliphatic rings. The minimum absolute atomic E-state index is 0.0704. The van der Waals surface area contributed by atoms with Crippen LogP contribution in [0.25, 0.3) is 11.1 Å². The third kappa shape index (κ3) is 3.05. The van der Waals surface area contributed by atoms with Crippen molar-refractivity contribution in [1.82, 2.24) is 4.57 Å². The number of oxazole rings is 1. The number of benzene rings is 1. The molecule has 0 atom stereocenters. The second-order valence-corrected chi connectivity index (χ2v) is 4.39. The molecule has 0 spiro atoms. The number of ether oxygens (including phenoxy) is 1. The highest BCUT2D eigenvalue weighted by Gasteiger charge is 2.13. The van der Waals surface area contributed by atoms with Gasteiger partial charge in [-0.15, -0.1) is 0 Å². The van der Waals surface area contributed by atoms with Gasteiger partial charge in [-0.25, -0.2) is 4.79 Å². The molecule has 2 aromatic rings. The average Bonchev–Trinajstić information content (AvgIpc) is 2.73. The van der Waals surface area contributed by atoms with Gasteiger partial charge >= 0.3 is 5.76 Å². The summed E-state index contributed by atoms with van der Waals surface area (Å²) in [6.07, 6.45) is 2.01. The summed E-state index contributed by atoms with van der Waals surface area (Å²) in [7, 11) is 0. The second kappa shape index (κ2) is 6.33. The SMILES string of the molecule is CCCCOCCn1c(=O)oc2ccc([N+](=O)[O-])cc21. The number of unbranched alkanes of at least 4 members (excludes halogenated alkanes) is 1. The predicted octanol–water partition coefficient (Wildman–Crippen LogP) is 2.32. The van der Waals surface area contributed by atoms with Crippen molar-refractivity contribution in [2.75, 3.05) is 13.2 Å². The van der Waals surface area contributed by atoms with Gasteiger partial charge in [0.25, 0.3) is 5.69 Å². The summed E-state index contributed by atoms with van der Waals surface area (Å²) < 4.78 is 11.8. The zero-order chi connectivity index (χ0) is 14.5. The van der Waals surface area contributed by atoms with E-state index in [1.807, 2.05) is 0 Å². The van der Waals surface area contributed by atoms with E-state index in [0.717, 1.165) is 12.8 Å². The lowest BCUT2D eigenvalue weighted by Gasteiger charge is -2.03. The van der Waals surface area contributed by atoms with Crippen LogP contribution in [0.15, 0.2) is 27.4 Å². The number of rotatable bonds is 7. The van der Waals surface area contributed by atoms with Gasteiger partial charge in [-0.05, 0) is 12.5 Å². The van der Waals surface area contributed by atoms with Crippen molar-refractivity contribution < 1.29 is 14.1 Å². The molecule has 2 rings (SSSR count). The van der Waals surface area contributed by atoms with Crippen LogP contribution >= 0.6 is 0 Å². The Morgan fingerprint density at radius 2 is 2.20 bits per heavy atom. The lowest BCUT2D eigenvalue weighted by Crippen LogP contribution is -2.17. The van der Waals surface area contributed by atoms with Crippen molar-refractivity contribution >= 4 is 16.8 Å². The summed E-state index contributed by atoms with van der Waals surface area (Å²) >= 11 is 0. The standard InChI is InChI=1S/C13H16N2O5/c1-2-3-7-19-8-6-14-11-9-10(15(17)18)4-5-12(11)20-13(14)16/h4-5,9H,2-3,6-8H2,1H3. The summed E-state index contributed by atoms with van der Waals surface area (Å²) in [5.41, 5.74) is 0.691. The number of hydrogen-bond acceptors (Lipinski definition) is 5. The third-order valence-electron chi connectivity index (χ3n) is 2.96. The number of aromatic nitrogens is 1. The maximum absolute atomic E-state index is 11.7. The fourth-order valence-corrected chi connectivity index (χ4v) is 1.88. The summed E-state index contributed by atoms with van der Waals surface area (Å²) in [4.78, 5) is 22.0. The molecule has 0 saturated carbocycles. The smallest absolute Gasteiger partial charge is 0.408 e. The Balaban J connectivity index is 2.18. The van der Waals surface area contributed by atoms with E-state index in [1.165, 1.54) is 22.8 Å². The van der Waals surface area contributed by atoms with Gasteiger partial charge in [0.05, 0.1) is 23.6 Å². The lowest BCUT2D eigenvalue weighted by molar-refractivity contribution is -0.384. The molecule has 0 bridgehead atoms. The first-order valence-electron chi connectivity index (χ1n) is 6.49. The van der Waals surface area contributed by atoms with Crippen LogP contribution < -0.4 is 5.76 Å². The van der Waals surface area contributed by atoms with Crippen LogP contribution in [0.5, 0.6) is 0 Å². The highest BCUT2D eigenvalue weighted by atomic mass is 16.6. The second-order valence-electron chi connectivity index (χ2n) is 4.39. The highest BCUT2D eigenvalue weighted by Crippen LogP contribution is 2.19. The molecule has 1 aromatic heterocycles. The summed E-state index contributed by atoms with van der Waals surface area (Å²) in [5.74, 6) is -0.528. The van der Waals surface area contributed by atoms with Crippen LogP contribution in [-0.2, 0) is 11.3 Å². The molecule has 0 N–H and O–H groups in total. The maximum atomic E-state index is 11.7. The van der Waals surface area contributed by atoms with Crippen LogP contribution in [0.2, 0.25) is 0 Å². The zero-order valence-electron chi connectivity index (χ0n) is 11.2. The first kappa shape index (κ1) is 14.3. The maximum Gasteiger partial charge on any atom is 0.420 e. The van der Waals surface area contributed by atoms with Gasteiger partial charge in [0, 0.05) is 18.7 Å². The topological polar surface area (TPSA) is 87.5 Å². The van der Waals surface area contributed by atoms with Crippen molar-refractivity contribution in [2.24, 2.45) is 0 Å². The minimum Gasteiger partial charge on any atom is -0.408 e. The fourth-order valence-electron chi connectivity index (χ4n) is 1.88. The van der Waals surface area contributed by atoms with Gasteiger partial charge in [-0.1, -0.05) is 13.3 Å². The molecule has 108 valence electrons. The van der Waals surface area contributed by atoms with Crippen molar-refractivity contribution in [3.63, 3.8) is 0 Å². The van der Waals surface area contributed by atoms with Crippen LogP contribution in [0.4, 0.5) is 5.69 Å². The molecule has 0 fully saturated rings. The van der Waals surface area contributed by atoms with Gasteiger partial charge in [0.2, 0.25) is 0 Å². The van der Waals surface area contributed by atoms with Crippen molar-refractivity contribution in [2.45, 2.75) is 26.3 Å². The molecular formula is C13H16N2O5. The first-order chi connectivity index (χ1) is 9.63. The van der Waals surface area contributed by atoms with E-state index in [1.54, 1.807) is 0 Å². The summed E-state index contributed by atoms with van der Waals surface area (Å²) in [5, 5.41) is 10.8. The number of nitro groups is 1. The zero-order valence-corrected chi connectivity index (χ0v) is 11.2.